The van der Waals surface area contributed by atoms with Gasteiger partial charge in [0.1, 0.15) is 5.52 Å². The fraction of sp³-hybridized carbons (Fsp3) is 0.0909. The van der Waals surface area contributed by atoms with Crippen molar-refractivity contribution >= 4 is 38.9 Å². The van der Waals surface area contributed by atoms with E-state index in [1.807, 2.05) is 61.5 Å². The monoisotopic (exact) mass is 434 g/mol. The second kappa shape index (κ2) is 6.80. The second-order valence-corrected chi connectivity index (χ2v) is 7.38. The van der Waals surface area contributed by atoms with Crippen LogP contribution in [0.25, 0.3) is 22.6 Å². The summed E-state index contributed by atoms with van der Waals surface area (Å²) >= 11 is 3.55. The van der Waals surface area contributed by atoms with Crippen LogP contribution in [-0.4, -0.2) is 18.0 Å². The topological polar surface area (TPSA) is 56.9 Å². The van der Waals surface area contributed by atoms with E-state index in [0.29, 0.717) is 5.89 Å². The van der Waals surface area contributed by atoms with Gasteiger partial charge in [-0.3, -0.25) is 4.99 Å². The quantitative estimate of drug-likeness (QED) is 0.368. The molecule has 6 heteroatoms. The Kier molecular flexibility index (Phi) is 4.13. The number of hydrogen-bond acceptors (Lipinski definition) is 5. The first kappa shape index (κ1) is 17.0. The van der Waals surface area contributed by atoms with Gasteiger partial charge < -0.3 is 13.9 Å². The highest BCUT2D eigenvalue weighted by molar-refractivity contribution is 9.10. The van der Waals surface area contributed by atoms with Crippen LogP contribution in [0.3, 0.4) is 0 Å². The molecule has 0 saturated carbocycles. The number of fused-ring (bicyclic) bond motifs is 2. The smallest absolute Gasteiger partial charge is 0.231 e. The summed E-state index contributed by atoms with van der Waals surface area (Å²) in [6.45, 7) is 2.28. The standard InChI is InChI=1S/C22H15BrN2O3/c1-13-5-6-19-18(7-13)25-22(28-19)14-3-2-4-16(8-14)24-11-15-9-20-21(10-17(15)23)27-12-26-20/h2-11H,12H2,1H3. The van der Waals surface area contributed by atoms with E-state index < -0.39 is 0 Å². The van der Waals surface area contributed by atoms with Crippen LogP contribution in [0, 0.1) is 6.92 Å². The molecule has 0 atom stereocenters. The Labute approximate surface area is 169 Å². The van der Waals surface area contributed by atoms with Crippen molar-refractivity contribution < 1.29 is 13.9 Å². The SMILES string of the molecule is Cc1ccc2oc(-c3cccc(N=Cc4cc5c(cc4Br)OCO5)c3)nc2c1. The first-order valence-electron chi connectivity index (χ1n) is 8.76. The molecular formula is C22H15BrN2O3. The molecule has 0 saturated heterocycles. The summed E-state index contributed by atoms with van der Waals surface area (Å²) in [6, 6.07) is 17.6. The lowest BCUT2D eigenvalue weighted by Crippen LogP contribution is -1.92. The summed E-state index contributed by atoms with van der Waals surface area (Å²) in [6.07, 6.45) is 1.79. The van der Waals surface area contributed by atoms with Crippen LogP contribution in [0.5, 0.6) is 11.5 Å². The van der Waals surface area contributed by atoms with Crippen LogP contribution in [0.4, 0.5) is 5.69 Å². The molecule has 3 aromatic carbocycles. The highest BCUT2D eigenvalue weighted by Gasteiger charge is 2.15. The zero-order valence-electron chi connectivity index (χ0n) is 15.0. The van der Waals surface area contributed by atoms with Crippen molar-refractivity contribution in [2.24, 2.45) is 4.99 Å². The lowest BCUT2D eigenvalue weighted by molar-refractivity contribution is 0.174. The predicted molar refractivity (Wildman–Crippen MR) is 112 cm³/mol. The van der Waals surface area contributed by atoms with Gasteiger partial charge in [0.15, 0.2) is 17.1 Å². The number of ether oxygens (including phenoxy) is 2. The van der Waals surface area contributed by atoms with E-state index in [0.717, 1.165) is 49.4 Å². The highest BCUT2D eigenvalue weighted by Crippen LogP contribution is 2.36. The molecule has 0 aliphatic carbocycles. The van der Waals surface area contributed by atoms with Crippen LogP contribution in [0.1, 0.15) is 11.1 Å². The lowest BCUT2D eigenvalue weighted by atomic mass is 10.2. The molecule has 28 heavy (non-hydrogen) atoms. The molecule has 4 aromatic rings. The summed E-state index contributed by atoms with van der Waals surface area (Å²) < 4.78 is 17.6. The van der Waals surface area contributed by atoms with E-state index in [4.69, 9.17) is 13.9 Å². The van der Waals surface area contributed by atoms with Gasteiger partial charge in [0.2, 0.25) is 12.7 Å². The van der Waals surface area contributed by atoms with Crippen LogP contribution < -0.4 is 9.47 Å². The molecule has 1 aliphatic rings. The fourth-order valence-electron chi connectivity index (χ4n) is 3.06. The summed E-state index contributed by atoms with van der Waals surface area (Å²) in [7, 11) is 0. The maximum atomic E-state index is 5.90. The molecular weight excluding hydrogens is 420 g/mol. The molecule has 0 bridgehead atoms. The van der Waals surface area contributed by atoms with E-state index in [-0.39, 0.29) is 6.79 Å². The Bertz CT molecular complexity index is 1230. The minimum absolute atomic E-state index is 0.244. The van der Waals surface area contributed by atoms with Crippen molar-refractivity contribution in [1.82, 2.24) is 4.98 Å². The number of halogens is 1. The Morgan fingerprint density at radius 2 is 1.89 bits per heavy atom. The van der Waals surface area contributed by atoms with Gasteiger partial charge in [-0.25, -0.2) is 4.98 Å². The first-order valence-corrected chi connectivity index (χ1v) is 9.56. The molecule has 0 N–H and O–H groups in total. The molecule has 0 fully saturated rings. The van der Waals surface area contributed by atoms with Crippen LogP contribution in [0.2, 0.25) is 0 Å². The van der Waals surface area contributed by atoms with Gasteiger partial charge >= 0.3 is 0 Å². The normalized spacial score (nSPS) is 12.9. The molecule has 1 aromatic heterocycles. The molecule has 0 amide bonds. The number of hydrogen-bond donors (Lipinski definition) is 0. The Morgan fingerprint density at radius 1 is 1.04 bits per heavy atom. The number of aromatic nitrogens is 1. The van der Waals surface area contributed by atoms with Crippen molar-refractivity contribution in [2.45, 2.75) is 6.92 Å². The van der Waals surface area contributed by atoms with Gasteiger partial charge in [-0.15, -0.1) is 0 Å². The molecule has 0 unspecified atom stereocenters. The first-order chi connectivity index (χ1) is 13.7. The second-order valence-electron chi connectivity index (χ2n) is 6.53. The summed E-state index contributed by atoms with van der Waals surface area (Å²) in [5, 5.41) is 0. The number of benzene rings is 3. The number of nitrogens with zero attached hydrogens (tertiary/aromatic N) is 2. The number of rotatable bonds is 3. The summed E-state index contributed by atoms with van der Waals surface area (Å²) in [5.41, 5.74) is 5.38. The van der Waals surface area contributed by atoms with Crippen molar-refractivity contribution in [3.05, 3.63) is 70.2 Å². The van der Waals surface area contributed by atoms with E-state index in [1.165, 1.54) is 0 Å². The zero-order valence-corrected chi connectivity index (χ0v) is 16.6. The van der Waals surface area contributed by atoms with Crippen LogP contribution >= 0.6 is 15.9 Å². The van der Waals surface area contributed by atoms with Crippen molar-refractivity contribution in [3.63, 3.8) is 0 Å². The predicted octanol–water partition coefficient (Wildman–Crippen LogP) is 6.05. The summed E-state index contributed by atoms with van der Waals surface area (Å²) in [4.78, 5) is 9.20. The van der Waals surface area contributed by atoms with Crippen molar-refractivity contribution in [3.8, 4) is 23.0 Å². The molecule has 2 heterocycles. The van der Waals surface area contributed by atoms with Gasteiger partial charge in [-0.05, 0) is 70.9 Å². The van der Waals surface area contributed by atoms with Gasteiger partial charge in [0, 0.05) is 21.8 Å². The highest BCUT2D eigenvalue weighted by atomic mass is 79.9. The fourth-order valence-corrected chi connectivity index (χ4v) is 3.48. The molecule has 1 aliphatic heterocycles. The zero-order chi connectivity index (χ0) is 19.1. The minimum atomic E-state index is 0.244. The van der Waals surface area contributed by atoms with E-state index in [2.05, 4.69) is 25.9 Å². The molecule has 0 spiro atoms. The largest absolute Gasteiger partial charge is 0.454 e. The van der Waals surface area contributed by atoms with Crippen molar-refractivity contribution in [1.29, 1.82) is 0 Å². The van der Waals surface area contributed by atoms with E-state index >= 15 is 0 Å². The minimum Gasteiger partial charge on any atom is -0.454 e. The third-order valence-electron chi connectivity index (χ3n) is 4.48. The maximum absolute atomic E-state index is 5.90. The average Bonchev–Trinajstić information content (AvgIpc) is 3.32. The van der Waals surface area contributed by atoms with Crippen LogP contribution in [-0.2, 0) is 0 Å². The number of aryl methyl sites for hydroxylation is 1. The Morgan fingerprint density at radius 3 is 2.79 bits per heavy atom. The lowest BCUT2D eigenvalue weighted by Gasteiger charge is -2.02. The Balaban J connectivity index is 1.46. The number of oxazole rings is 1. The third kappa shape index (κ3) is 3.16. The molecule has 138 valence electrons. The molecule has 5 nitrogen and oxygen atoms in total. The molecule has 0 radical (unpaired) electrons. The Hall–Kier alpha value is -3.12. The number of aliphatic imine (C=N–C) groups is 1. The molecule has 5 rings (SSSR count). The average molecular weight is 435 g/mol. The van der Waals surface area contributed by atoms with Gasteiger partial charge in [0.25, 0.3) is 0 Å². The van der Waals surface area contributed by atoms with Crippen LogP contribution in [0.15, 0.2) is 68.5 Å². The van der Waals surface area contributed by atoms with E-state index in [9.17, 15) is 0 Å². The van der Waals surface area contributed by atoms with Gasteiger partial charge in [0.05, 0.1) is 5.69 Å². The van der Waals surface area contributed by atoms with E-state index in [1.54, 1.807) is 6.21 Å². The van der Waals surface area contributed by atoms with Crippen molar-refractivity contribution in [2.75, 3.05) is 6.79 Å². The maximum Gasteiger partial charge on any atom is 0.231 e. The summed E-state index contributed by atoms with van der Waals surface area (Å²) in [5.74, 6) is 2.04. The van der Waals surface area contributed by atoms with Gasteiger partial charge in [-0.2, -0.15) is 0 Å². The third-order valence-corrected chi connectivity index (χ3v) is 5.17. The van der Waals surface area contributed by atoms with Gasteiger partial charge in [-0.1, -0.05) is 12.1 Å².